The highest BCUT2D eigenvalue weighted by Gasteiger charge is 2.64. The van der Waals surface area contributed by atoms with E-state index in [4.69, 9.17) is 5.11 Å². The Bertz CT molecular complexity index is 639. The van der Waals surface area contributed by atoms with Gasteiger partial charge in [0.15, 0.2) is 0 Å². The van der Waals surface area contributed by atoms with E-state index in [0.29, 0.717) is 12.1 Å². The average molecular weight is 315 g/mol. The largest absolute Gasteiger partial charge is 0.392 e. The van der Waals surface area contributed by atoms with Crippen molar-refractivity contribution in [1.29, 1.82) is 0 Å². The summed E-state index contributed by atoms with van der Waals surface area (Å²) in [6.45, 7) is 8.37. The van der Waals surface area contributed by atoms with E-state index < -0.39 is 15.8 Å². The lowest BCUT2D eigenvalue weighted by molar-refractivity contribution is 0.281. The molecule has 0 spiro atoms. The lowest BCUT2D eigenvalue weighted by atomic mass is 10.0. The van der Waals surface area contributed by atoms with Gasteiger partial charge in [-0.05, 0) is 34.4 Å². The van der Waals surface area contributed by atoms with Crippen molar-refractivity contribution in [3.05, 3.63) is 29.6 Å². The van der Waals surface area contributed by atoms with Gasteiger partial charge >= 0.3 is 0 Å². The number of halogens is 1. The molecule has 0 unspecified atom stereocenters. The highest BCUT2D eigenvalue weighted by molar-refractivity contribution is 7.89. The Labute approximate surface area is 125 Å². The van der Waals surface area contributed by atoms with Crippen molar-refractivity contribution in [2.45, 2.75) is 39.2 Å². The van der Waals surface area contributed by atoms with E-state index in [1.807, 2.05) is 0 Å². The molecule has 1 saturated carbocycles. The molecule has 0 amide bonds. The van der Waals surface area contributed by atoms with Crippen LogP contribution in [0.25, 0.3) is 0 Å². The summed E-state index contributed by atoms with van der Waals surface area (Å²) in [6.07, 6.45) is 0. The molecule has 2 rings (SSSR count). The SMILES string of the molecule is CC1(C)C(CNS(=O)(=O)c2ccc(CO)cc2F)C1(C)C. The Balaban J connectivity index is 2.14. The quantitative estimate of drug-likeness (QED) is 0.876. The monoisotopic (exact) mass is 315 g/mol. The van der Waals surface area contributed by atoms with Crippen molar-refractivity contribution in [3.8, 4) is 0 Å². The standard InChI is InChI=1S/C15H22FNO3S/c1-14(2)13(15(14,3)4)8-17-21(19,20)12-6-5-10(9-18)7-11(12)16/h5-7,13,17-18H,8-9H2,1-4H3. The van der Waals surface area contributed by atoms with Gasteiger partial charge in [-0.3, -0.25) is 0 Å². The van der Waals surface area contributed by atoms with Crippen LogP contribution in [-0.2, 0) is 16.6 Å². The molecule has 1 aromatic rings. The minimum Gasteiger partial charge on any atom is -0.392 e. The molecule has 21 heavy (non-hydrogen) atoms. The summed E-state index contributed by atoms with van der Waals surface area (Å²) in [5.74, 6) is -0.622. The number of benzene rings is 1. The summed E-state index contributed by atoms with van der Waals surface area (Å²) in [6, 6.07) is 3.63. The summed E-state index contributed by atoms with van der Waals surface area (Å²) >= 11 is 0. The molecule has 0 bridgehead atoms. The van der Waals surface area contributed by atoms with Crippen LogP contribution in [0.4, 0.5) is 4.39 Å². The molecule has 0 aliphatic heterocycles. The molecule has 0 atom stereocenters. The van der Waals surface area contributed by atoms with E-state index >= 15 is 0 Å². The second-order valence-corrected chi connectivity index (χ2v) is 8.51. The topological polar surface area (TPSA) is 66.4 Å². The van der Waals surface area contributed by atoms with Gasteiger partial charge in [-0.25, -0.2) is 17.5 Å². The second kappa shape index (κ2) is 5.04. The molecule has 0 heterocycles. The summed E-state index contributed by atoms with van der Waals surface area (Å²) < 4.78 is 40.7. The summed E-state index contributed by atoms with van der Waals surface area (Å²) in [4.78, 5) is -0.379. The first-order valence-corrected chi connectivity index (χ1v) is 8.41. The van der Waals surface area contributed by atoms with Gasteiger partial charge in [-0.2, -0.15) is 0 Å². The van der Waals surface area contributed by atoms with Gasteiger partial charge in [0.05, 0.1) is 6.61 Å². The third kappa shape index (κ3) is 2.72. The summed E-state index contributed by atoms with van der Waals surface area (Å²) in [5, 5.41) is 8.92. The zero-order chi connectivity index (χ0) is 16.1. The van der Waals surface area contributed by atoms with Crippen molar-refractivity contribution in [3.63, 3.8) is 0 Å². The van der Waals surface area contributed by atoms with Gasteiger partial charge in [0.2, 0.25) is 10.0 Å². The van der Waals surface area contributed by atoms with E-state index in [2.05, 4.69) is 32.4 Å². The average Bonchev–Trinajstić information content (AvgIpc) is 2.76. The Morgan fingerprint density at radius 2 is 1.81 bits per heavy atom. The van der Waals surface area contributed by atoms with Crippen LogP contribution in [0, 0.1) is 22.6 Å². The van der Waals surface area contributed by atoms with Crippen molar-refractivity contribution in [1.82, 2.24) is 4.72 Å². The first kappa shape index (κ1) is 16.4. The highest BCUT2D eigenvalue weighted by Crippen LogP contribution is 2.67. The van der Waals surface area contributed by atoms with Crippen LogP contribution in [0.1, 0.15) is 33.3 Å². The minimum absolute atomic E-state index is 0.0643. The number of nitrogens with one attached hydrogen (secondary N) is 1. The van der Waals surface area contributed by atoms with Gasteiger partial charge < -0.3 is 5.11 Å². The molecular formula is C15H22FNO3S. The molecule has 0 saturated heterocycles. The number of rotatable bonds is 5. The Hall–Kier alpha value is -0.980. The Morgan fingerprint density at radius 3 is 2.24 bits per heavy atom. The Morgan fingerprint density at radius 1 is 1.24 bits per heavy atom. The molecule has 1 aliphatic rings. The maximum atomic E-state index is 13.8. The van der Waals surface area contributed by atoms with Crippen LogP contribution in [0.5, 0.6) is 0 Å². The normalized spacial score (nSPS) is 20.5. The molecular weight excluding hydrogens is 293 g/mol. The van der Waals surface area contributed by atoms with Crippen LogP contribution < -0.4 is 4.72 Å². The minimum atomic E-state index is -3.88. The summed E-state index contributed by atoms with van der Waals surface area (Å²) in [7, 11) is -3.88. The molecule has 6 heteroatoms. The lowest BCUT2D eigenvalue weighted by Gasteiger charge is -2.09. The van der Waals surface area contributed by atoms with Crippen LogP contribution in [0.3, 0.4) is 0 Å². The molecule has 2 N–H and O–H groups in total. The van der Waals surface area contributed by atoms with Gasteiger partial charge in [-0.15, -0.1) is 0 Å². The lowest BCUT2D eigenvalue weighted by Crippen LogP contribution is -2.28. The molecule has 0 radical (unpaired) electrons. The highest BCUT2D eigenvalue weighted by atomic mass is 32.2. The predicted octanol–water partition coefficient (Wildman–Crippen LogP) is 2.28. The van der Waals surface area contributed by atoms with E-state index in [1.165, 1.54) is 12.1 Å². The zero-order valence-corrected chi connectivity index (χ0v) is 13.6. The van der Waals surface area contributed by atoms with Crippen molar-refractivity contribution >= 4 is 10.0 Å². The molecule has 1 aromatic carbocycles. The molecule has 4 nitrogen and oxygen atoms in total. The number of aliphatic hydroxyl groups is 1. The number of hydrogen-bond acceptors (Lipinski definition) is 3. The first-order chi connectivity index (χ1) is 9.54. The molecule has 0 aromatic heterocycles. The smallest absolute Gasteiger partial charge is 0.243 e. The van der Waals surface area contributed by atoms with Crippen LogP contribution in [0.15, 0.2) is 23.1 Å². The van der Waals surface area contributed by atoms with Gasteiger partial charge in [0.1, 0.15) is 10.7 Å². The van der Waals surface area contributed by atoms with E-state index in [1.54, 1.807) is 0 Å². The van der Waals surface area contributed by atoms with E-state index in [9.17, 15) is 12.8 Å². The van der Waals surface area contributed by atoms with Crippen LogP contribution >= 0.6 is 0 Å². The molecule has 118 valence electrons. The summed E-state index contributed by atoms with van der Waals surface area (Å²) in [5.41, 5.74) is 0.472. The second-order valence-electron chi connectivity index (χ2n) is 6.77. The third-order valence-corrected chi connectivity index (χ3v) is 6.72. The molecule has 1 fully saturated rings. The van der Waals surface area contributed by atoms with Gasteiger partial charge in [0.25, 0.3) is 0 Å². The van der Waals surface area contributed by atoms with E-state index in [-0.39, 0.29) is 28.3 Å². The van der Waals surface area contributed by atoms with Crippen molar-refractivity contribution in [2.24, 2.45) is 16.7 Å². The zero-order valence-electron chi connectivity index (χ0n) is 12.8. The third-order valence-electron chi connectivity index (χ3n) is 5.27. The Kier molecular flexibility index (Phi) is 3.93. The van der Waals surface area contributed by atoms with Crippen molar-refractivity contribution in [2.75, 3.05) is 6.54 Å². The molecule has 1 aliphatic carbocycles. The maximum Gasteiger partial charge on any atom is 0.243 e. The maximum absolute atomic E-state index is 13.8. The fourth-order valence-corrected chi connectivity index (χ4v) is 4.08. The van der Waals surface area contributed by atoms with Gasteiger partial charge in [0, 0.05) is 6.54 Å². The first-order valence-electron chi connectivity index (χ1n) is 6.93. The van der Waals surface area contributed by atoms with Gasteiger partial charge in [-0.1, -0.05) is 33.8 Å². The fourth-order valence-electron chi connectivity index (χ4n) is 2.97. The fraction of sp³-hybridized carbons (Fsp3) is 0.600. The van der Waals surface area contributed by atoms with Crippen LogP contribution in [-0.4, -0.2) is 20.1 Å². The predicted molar refractivity (Wildman–Crippen MR) is 78.6 cm³/mol. The number of aliphatic hydroxyl groups excluding tert-OH is 1. The number of hydrogen-bond donors (Lipinski definition) is 2. The van der Waals surface area contributed by atoms with E-state index in [0.717, 1.165) is 6.07 Å². The number of sulfonamides is 1. The van der Waals surface area contributed by atoms with Crippen LogP contribution in [0.2, 0.25) is 0 Å². The van der Waals surface area contributed by atoms with Crippen molar-refractivity contribution < 1.29 is 17.9 Å².